The Morgan fingerprint density at radius 2 is 2.27 bits per heavy atom. The summed E-state index contributed by atoms with van der Waals surface area (Å²) >= 11 is 0. The number of rotatable bonds is 1. The van der Waals surface area contributed by atoms with Gasteiger partial charge in [0.05, 0.1) is 11.6 Å². The molecule has 108 valence electrons. The van der Waals surface area contributed by atoms with Gasteiger partial charge in [-0.05, 0) is 60.8 Å². The molecule has 1 aromatic carbocycles. The van der Waals surface area contributed by atoms with Crippen LogP contribution >= 0.6 is 0 Å². The zero-order valence-corrected chi connectivity index (χ0v) is 12.6. The van der Waals surface area contributed by atoms with Crippen molar-refractivity contribution in [1.82, 2.24) is 4.98 Å². The number of aromatic nitrogens is 1. The van der Waals surface area contributed by atoms with E-state index >= 15 is 0 Å². The SMILES string of the molecule is Cc1cc2c(c3[nH]ccc13)C1C=CCC1C(C1=CC=C=C1)N2. The molecule has 3 aliphatic rings. The van der Waals surface area contributed by atoms with Gasteiger partial charge < -0.3 is 10.3 Å². The number of aromatic amines is 1. The van der Waals surface area contributed by atoms with Crippen molar-refractivity contribution >= 4 is 16.6 Å². The largest absolute Gasteiger partial charge is 0.378 e. The Bertz CT molecular complexity index is 903. The highest BCUT2D eigenvalue weighted by Crippen LogP contribution is 2.49. The van der Waals surface area contributed by atoms with E-state index < -0.39 is 0 Å². The Morgan fingerprint density at radius 1 is 1.32 bits per heavy atom. The molecule has 0 amide bonds. The molecule has 1 aliphatic heterocycles. The smallest absolute Gasteiger partial charge is 0.0560 e. The summed E-state index contributed by atoms with van der Waals surface area (Å²) in [7, 11) is 0. The molecule has 2 aromatic rings. The van der Waals surface area contributed by atoms with Crippen LogP contribution in [-0.2, 0) is 0 Å². The van der Waals surface area contributed by atoms with Gasteiger partial charge in [-0.25, -0.2) is 0 Å². The highest BCUT2D eigenvalue weighted by atomic mass is 15.0. The highest BCUT2D eigenvalue weighted by Gasteiger charge is 2.39. The highest BCUT2D eigenvalue weighted by molar-refractivity contribution is 5.92. The molecule has 0 saturated carbocycles. The summed E-state index contributed by atoms with van der Waals surface area (Å²) in [6.07, 6.45) is 14.3. The van der Waals surface area contributed by atoms with Gasteiger partial charge in [0.2, 0.25) is 0 Å². The van der Waals surface area contributed by atoms with Crippen LogP contribution in [0.1, 0.15) is 23.5 Å². The average molecular weight is 286 g/mol. The number of benzene rings is 1. The van der Waals surface area contributed by atoms with Crippen LogP contribution in [0.25, 0.3) is 10.9 Å². The van der Waals surface area contributed by atoms with E-state index in [0.717, 1.165) is 6.42 Å². The number of aryl methyl sites for hydroxylation is 1. The van der Waals surface area contributed by atoms with Crippen molar-refractivity contribution in [3.8, 4) is 0 Å². The van der Waals surface area contributed by atoms with E-state index in [4.69, 9.17) is 0 Å². The van der Waals surface area contributed by atoms with Gasteiger partial charge >= 0.3 is 0 Å². The van der Waals surface area contributed by atoms with Crippen LogP contribution in [0.15, 0.2) is 60.0 Å². The fourth-order valence-electron chi connectivity index (χ4n) is 4.35. The van der Waals surface area contributed by atoms with Crippen LogP contribution in [-0.4, -0.2) is 11.0 Å². The summed E-state index contributed by atoms with van der Waals surface area (Å²) in [4.78, 5) is 3.47. The van der Waals surface area contributed by atoms with E-state index in [1.54, 1.807) is 0 Å². The Morgan fingerprint density at radius 3 is 3.14 bits per heavy atom. The maximum Gasteiger partial charge on any atom is 0.0560 e. The molecule has 2 nitrogen and oxygen atoms in total. The first-order chi connectivity index (χ1) is 10.8. The van der Waals surface area contributed by atoms with Crippen molar-refractivity contribution in [2.24, 2.45) is 5.92 Å². The molecule has 2 aliphatic carbocycles. The molecular formula is C20H18N2. The molecule has 0 fully saturated rings. The lowest BCUT2D eigenvalue weighted by Gasteiger charge is -2.38. The van der Waals surface area contributed by atoms with E-state index in [0.29, 0.717) is 17.9 Å². The van der Waals surface area contributed by atoms with Crippen LogP contribution in [0, 0.1) is 12.8 Å². The van der Waals surface area contributed by atoms with Crippen molar-refractivity contribution in [3.63, 3.8) is 0 Å². The van der Waals surface area contributed by atoms with Gasteiger partial charge in [-0.2, -0.15) is 0 Å². The quantitative estimate of drug-likeness (QED) is 0.583. The molecule has 0 spiro atoms. The minimum Gasteiger partial charge on any atom is -0.378 e. The molecular weight excluding hydrogens is 268 g/mol. The number of hydrogen-bond donors (Lipinski definition) is 2. The first-order valence-corrected chi connectivity index (χ1v) is 7.99. The van der Waals surface area contributed by atoms with E-state index in [2.05, 4.69) is 65.6 Å². The standard InChI is InChI=1S/C20H18N2/c1-12-11-17-18(20-14(12)9-10-21-20)15-7-4-8-16(15)19(22-17)13-5-2-3-6-13/h2,4-7,9-11,15-16,19,21-22H,8H2,1H3. The number of nitrogens with one attached hydrogen (secondary N) is 2. The molecule has 3 unspecified atom stereocenters. The maximum absolute atomic E-state index is 3.81. The van der Waals surface area contributed by atoms with E-state index in [9.17, 15) is 0 Å². The van der Waals surface area contributed by atoms with Gasteiger partial charge in [0, 0.05) is 28.8 Å². The first kappa shape index (κ1) is 12.1. The maximum atomic E-state index is 3.81. The summed E-state index contributed by atoms with van der Waals surface area (Å²) in [6.45, 7) is 2.19. The fraction of sp³-hybridized carbons (Fsp3) is 0.250. The molecule has 5 rings (SSSR count). The second-order valence-electron chi connectivity index (χ2n) is 6.54. The number of allylic oxidation sites excluding steroid dienone is 3. The summed E-state index contributed by atoms with van der Waals surface area (Å²) in [5.74, 6) is 1.09. The second-order valence-corrected chi connectivity index (χ2v) is 6.54. The first-order valence-electron chi connectivity index (χ1n) is 7.99. The normalized spacial score (nSPS) is 27.9. The van der Waals surface area contributed by atoms with Crippen LogP contribution in [0.2, 0.25) is 0 Å². The van der Waals surface area contributed by atoms with E-state index in [-0.39, 0.29) is 0 Å². The second kappa shape index (κ2) is 4.28. The summed E-state index contributed by atoms with van der Waals surface area (Å²) in [5.41, 5.74) is 9.91. The number of H-pyrrole nitrogens is 1. The van der Waals surface area contributed by atoms with Crippen molar-refractivity contribution in [2.45, 2.75) is 25.3 Å². The van der Waals surface area contributed by atoms with Crippen LogP contribution in [0.4, 0.5) is 5.69 Å². The fourth-order valence-corrected chi connectivity index (χ4v) is 4.35. The van der Waals surface area contributed by atoms with Crippen LogP contribution < -0.4 is 5.32 Å². The number of fused-ring (bicyclic) bond motifs is 5. The van der Waals surface area contributed by atoms with Gasteiger partial charge in [0.1, 0.15) is 0 Å². The van der Waals surface area contributed by atoms with Crippen LogP contribution in [0.5, 0.6) is 0 Å². The lowest BCUT2D eigenvalue weighted by molar-refractivity contribution is 0.457. The summed E-state index contributed by atoms with van der Waals surface area (Å²) < 4.78 is 0. The third-order valence-corrected chi connectivity index (χ3v) is 5.36. The molecule has 1 aromatic heterocycles. The molecule has 0 radical (unpaired) electrons. The molecule has 2 heterocycles. The van der Waals surface area contributed by atoms with Gasteiger partial charge in [0.15, 0.2) is 0 Å². The zero-order valence-electron chi connectivity index (χ0n) is 12.6. The van der Waals surface area contributed by atoms with Crippen molar-refractivity contribution in [1.29, 1.82) is 0 Å². The van der Waals surface area contributed by atoms with E-state index in [1.807, 2.05) is 6.08 Å². The summed E-state index contributed by atoms with van der Waals surface area (Å²) in [6, 6.07) is 4.88. The average Bonchev–Trinajstić information content (AvgIpc) is 3.26. The summed E-state index contributed by atoms with van der Waals surface area (Å²) in [5, 5.41) is 5.16. The Labute approximate surface area is 129 Å². The third kappa shape index (κ3) is 1.51. The Hall–Kier alpha value is -2.44. The van der Waals surface area contributed by atoms with Gasteiger partial charge in [-0.1, -0.05) is 12.2 Å². The Balaban J connectivity index is 1.73. The minimum atomic E-state index is 0.380. The molecule has 2 heteroatoms. The van der Waals surface area contributed by atoms with Crippen molar-refractivity contribution in [3.05, 3.63) is 71.1 Å². The molecule has 0 saturated heterocycles. The lowest BCUT2D eigenvalue weighted by Crippen LogP contribution is -2.37. The van der Waals surface area contributed by atoms with Gasteiger partial charge in [0.25, 0.3) is 0 Å². The predicted octanol–water partition coefficient (Wildman–Crippen LogP) is 4.58. The number of anilines is 1. The minimum absolute atomic E-state index is 0.380. The zero-order chi connectivity index (χ0) is 14.7. The topological polar surface area (TPSA) is 27.8 Å². The molecule has 3 atom stereocenters. The predicted molar refractivity (Wildman–Crippen MR) is 91.2 cm³/mol. The van der Waals surface area contributed by atoms with E-state index in [1.165, 1.54) is 33.3 Å². The molecule has 0 bridgehead atoms. The lowest BCUT2D eigenvalue weighted by atomic mass is 9.76. The monoisotopic (exact) mass is 286 g/mol. The van der Waals surface area contributed by atoms with Crippen molar-refractivity contribution < 1.29 is 0 Å². The van der Waals surface area contributed by atoms with Crippen molar-refractivity contribution in [2.75, 3.05) is 5.32 Å². The number of hydrogen-bond acceptors (Lipinski definition) is 1. The third-order valence-electron chi connectivity index (χ3n) is 5.36. The van der Waals surface area contributed by atoms with Crippen LogP contribution in [0.3, 0.4) is 0 Å². The van der Waals surface area contributed by atoms with Gasteiger partial charge in [-0.15, -0.1) is 5.73 Å². The Kier molecular flexibility index (Phi) is 2.36. The molecule has 2 N–H and O–H groups in total. The molecule has 22 heavy (non-hydrogen) atoms. The van der Waals surface area contributed by atoms with Gasteiger partial charge in [-0.3, -0.25) is 0 Å².